The van der Waals surface area contributed by atoms with Gasteiger partial charge in [0, 0.05) is 11.6 Å². The van der Waals surface area contributed by atoms with Crippen molar-refractivity contribution in [2.45, 2.75) is 20.3 Å². The van der Waals surface area contributed by atoms with E-state index in [1.807, 2.05) is 13.8 Å². The van der Waals surface area contributed by atoms with Crippen LogP contribution in [-0.2, 0) is 4.79 Å². The molecule has 0 radical (unpaired) electrons. The van der Waals surface area contributed by atoms with E-state index in [-0.39, 0.29) is 18.0 Å². The molecule has 1 aromatic carbocycles. The Hall–Kier alpha value is -1.26. The fourth-order valence-electron chi connectivity index (χ4n) is 1.69. The van der Waals surface area contributed by atoms with Crippen molar-refractivity contribution in [2.75, 3.05) is 13.1 Å². The van der Waals surface area contributed by atoms with Gasteiger partial charge in [-0.3, -0.25) is 9.59 Å². The zero-order valence-electron chi connectivity index (χ0n) is 11.5. The van der Waals surface area contributed by atoms with Crippen molar-refractivity contribution in [2.24, 2.45) is 11.7 Å². The Morgan fingerprint density at radius 1 is 1.30 bits per heavy atom. The molecule has 0 spiro atoms. The first-order valence-electron chi connectivity index (χ1n) is 6.34. The summed E-state index contributed by atoms with van der Waals surface area (Å²) in [5.41, 5.74) is 5.47. The Kier molecular flexibility index (Phi) is 6.30. The monoisotopic (exact) mass is 316 g/mol. The van der Waals surface area contributed by atoms with E-state index in [9.17, 15) is 9.59 Å². The minimum Gasteiger partial charge on any atom is -0.368 e. The first-order valence-corrected chi connectivity index (χ1v) is 7.09. The Labute approximate surface area is 128 Å². The predicted octanol–water partition coefficient (Wildman–Crippen LogP) is 2.97. The van der Waals surface area contributed by atoms with Crippen molar-refractivity contribution in [3.8, 4) is 0 Å². The van der Waals surface area contributed by atoms with Crippen LogP contribution >= 0.6 is 23.2 Å². The summed E-state index contributed by atoms with van der Waals surface area (Å²) >= 11 is 11.9. The zero-order chi connectivity index (χ0) is 15.3. The summed E-state index contributed by atoms with van der Waals surface area (Å²) in [5, 5.41) is 0.721. The molecule has 2 amide bonds. The number of rotatable bonds is 6. The molecule has 0 saturated heterocycles. The molecule has 0 aliphatic rings. The lowest BCUT2D eigenvalue weighted by molar-refractivity contribution is -0.118. The summed E-state index contributed by atoms with van der Waals surface area (Å²) in [6, 6.07) is 4.66. The van der Waals surface area contributed by atoms with E-state index in [2.05, 4.69) is 0 Å². The molecule has 0 saturated carbocycles. The molecule has 0 fully saturated rings. The highest BCUT2D eigenvalue weighted by Crippen LogP contribution is 2.22. The van der Waals surface area contributed by atoms with Gasteiger partial charge in [-0.2, -0.15) is 0 Å². The minimum atomic E-state index is -0.555. The van der Waals surface area contributed by atoms with Crippen LogP contribution < -0.4 is 5.73 Å². The van der Waals surface area contributed by atoms with E-state index in [1.54, 1.807) is 12.1 Å². The molecule has 0 aliphatic heterocycles. The zero-order valence-corrected chi connectivity index (χ0v) is 13.0. The quantitative estimate of drug-likeness (QED) is 0.877. The highest BCUT2D eigenvalue weighted by atomic mass is 35.5. The van der Waals surface area contributed by atoms with Crippen molar-refractivity contribution < 1.29 is 9.59 Å². The first-order chi connectivity index (χ1) is 9.31. The maximum Gasteiger partial charge on any atom is 0.255 e. The second kappa shape index (κ2) is 7.50. The van der Waals surface area contributed by atoms with Crippen molar-refractivity contribution in [1.29, 1.82) is 0 Å². The van der Waals surface area contributed by atoms with E-state index in [1.165, 1.54) is 11.0 Å². The van der Waals surface area contributed by atoms with Gasteiger partial charge in [-0.1, -0.05) is 37.0 Å². The third-order valence-electron chi connectivity index (χ3n) is 2.77. The molecule has 0 atom stereocenters. The number of halogens is 2. The van der Waals surface area contributed by atoms with Crippen LogP contribution in [0.15, 0.2) is 18.2 Å². The average Bonchev–Trinajstić information content (AvgIpc) is 2.36. The van der Waals surface area contributed by atoms with Gasteiger partial charge < -0.3 is 10.6 Å². The number of nitrogens with zero attached hydrogens (tertiary/aromatic N) is 1. The lowest BCUT2D eigenvalue weighted by Gasteiger charge is -2.22. The van der Waals surface area contributed by atoms with Gasteiger partial charge in [-0.25, -0.2) is 0 Å². The smallest absolute Gasteiger partial charge is 0.255 e. The Balaban J connectivity index is 2.96. The lowest BCUT2D eigenvalue weighted by Crippen LogP contribution is -2.39. The normalized spacial score (nSPS) is 10.7. The Bertz CT molecular complexity index is 504. The van der Waals surface area contributed by atoms with Crippen molar-refractivity contribution in [1.82, 2.24) is 4.90 Å². The number of hydrogen-bond acceptors (Lipinski definition) is 2. The molecule has 0 unspecified atom stereocenters. The van der Waals surface area contributed by atoms with E-state index < -0.39 is 5.91 Å². The van der Waals surface area contributed by atoms with Gasteiger partial charge in [-0.15, -0.1) is 0 Å². The van der Waals surface area contributed by atoms with Gasteiger partial charge in [-0.05, 0) is 30.5 Å². The second-order valence-electron chi connectivity index (χ2n) is 5.00. The molecule has 6 heteroatoms. The number of carbonyl (C=O) groups excluding carboxylic acids is 2. The summed E-state index contributed by atoms with van der Waals surface area (Å²) in [6.07, 6.45) is 0.775. The summed E-state index contributed by atoms with van der Waals surface area (Å²) in [7, 11) is 0. The van der Waals surface area contributed by atoms with Gasteiger partial charge in [0.2, 0.25) is 5.91 Å². The highest BCUT2D eigenvalue weighted by molar-refractivity contribution is 6.35. The average molecular weight is 317 g/mol. The van der Waals surface area contributed by atoms with Crippen LogP contribution in [0.3, 0.4) is 0 Å². The molecule has 0 aliphatic carbocycles. The number of amides is 2. The fourth-order valence-corrected chi connectivity index (χ4v) is 2.06. The molecule has 1 aromatic rings. The Morgan fingerprint density at radius 2 is 1.95 bits per heavy atom. The maximum atomic E-state index is 12.4. The molecule has 0 heterocycles. The fraction of sp³-hybridized carbons (Fsp3) is 0.429. The van der Waals surface area contributed by atoms with Crippen LogP contribution in [0.5, 0.6) is 0 Å². The van der Waals surface area contributed by atoms with Gasteiger partial charge in [0.1, 0.15) is 0 Å². The third-order valence-corrected chi connectivity index (χ3v) is 3.33. The standard InChI is InChI=1S/C14H18Cl2N2O2/c1-9(2)5-6-18(8-13(17)19)14(20)11-7-10(15)3-4-12(11)16/h3-4,7,9H,5-6,8H2,1-2H3,(H2,17,19). The van der Waals surface area contributed by atoms with Crippen LogP contribution in [-0.4, -0.2) is 29.8 Å². The second-order valence-corrected chi connectivity index (χ2v) is 5.84. The minimum absolute atomic E-state index is 0.131. The van der Waals surface area contributed by atoms with Crippen molar-refractivity contribution in [3.63, 3.8) is 0 Å². The number of carbonyl (C=O) groups is 2. The number of benzene rings is 1. The van der Waals surface area contributed by atoms with Crippen LogP contribution in [0.25, 0.3) is 0 Å². The predicted molar refractivity (Wildman–Crippen MR) is 81.0 cm³/mol. The number of nitrogens with two attached hydrogens (primary N) is 1. The van der Waals surface area contributed by atoms with Gasteiger partial charge in [0.05, 0.1) is 17.1 Å². The molecule has 0 bridgehead atoms. The summed E-state index contributed by atoms with van der Waals surface area (Å²) in [6.45, 7) is 4.40. The SMILES string of the molecule is CC(C)CCN(CC(N)=O)C(=O)c1cc(Cl)ccc1Cl. The molecule has 20 heavy (non-hydrogen) atoms. The molecule has 110 valence electrons. The van der Waals surface area contributed by atoms with Crippen LogP contribution in [0, 0.1) is 5.92 Å². The van der Waals surface area contributed by atoms with Crippen LogP contribution in [0.4, 0.5) is 0 Å². The van der Waals surface area contributed by atoms with Gasteiger partial charge in [0.25, 0.3) is 5.91 Å². The highest BCUT2D eigenvalue weighted by Gasteiger charge is 2.20. The molecule has 4 nitrogen and oxygen atoms in total. The van der Waals surface area contributed by atoms with E-state index in [0.717, 1.165) is 6.42 Å². The Morgan fingerprint density at radius 3 is 2.50 bits per heavy atom. The van der Waals surface area contributed by atoms with Gasteiger partial charge in [0.15, 0.2) is 0 Å². The van der Waals surface area contributed by atoms with E-state index in [4.69, 9.17) is 28.9 Å². The number of hydrogen-bond donors (Lipinski definition) is 1. The molecule has 2 N–H and O–H groups in total. The number of primary amides is 1. The first kappa shape index (κ1) is 16.8. The summed E-state index contributed by atoms with van der Waals surface area (Å²) in [4.78, 5) is 25.0. The largest absolute Gasteiger partial charge is 0.368 e. The topological polar surface area (TPSA) is 63.4 Å². The third kappa shape index (κ3) is 5.02. The van der Waals surface area contributed by atoms with Crippen LogP contribution in [0.2, 0.25) is 10.0 Å². The van der Waals surface area contributed by atoms with E-state index >= 15 is 0 Å². The van der Waals surface area contributed by atoms with Crippen molar-refractivity contribution in [3.05, 3.63) is 33.8 Å². The summed E-state index contributed by atoms with van der Waals surface area (Å²) in [5.74, 6) is -0.481. The van der Waals surface area contributed by atoms with Gasteiger partial charge >= 0.3 is 0 Å². The van der Waals surface area contributed by atoms with E-state index in [0.29, 0.717) is 22.5 Å². The molecule has 1 rings (SSSR count). The maximum absolute atomic E-state index is 12.4. The molecular weight excluding hydrogens is 299 g/mol. The van der Waals surface area contributed by atoms with Crippen LogP contribution in [0.1, 0.15) is 30.6 Å². The lowest BCUT2D eigenvalue weighted by atomic mass is 10.1. The molecule has 0 aromatic heterocycles. The van der Waals surface area contributed by atoms with Crippen molar-refractivity contribution >= 4 is 35.0 Å². The summed E-state index contributed by atoms with van der Waals surface area (Å²) < 4.78 is 0. The molecular formula is C14H18Cl2N2O2.